The molecule has 0 heterocycles. The summed E-state index contributed by atoms with van der Waals surface area (Å²) >= 11 is 0. The Hall–Kier alpha value is -2.41. The molecule has 30 heavy (non-hydrogen) atoms. The first-order chi connectivity index (χ1) is 14.3. The Morgan fingerprint density at radius 1 is 0.800 bits per heavy atom. The Kier molecular flexibility index (Phi) is 22.7. The van der Waals surface area contributed by atoms with Crippen LogP contribution in [0.25, 0.3) is 0 Å². The zero-order valence-electron chi connectivity index (χ0n) is 18.3. The molecule has 0 aliphatic carbocycles. The SMILES string of the molecule is CC/C=C\C/C=C\C/C=C\CCCCCCCC(=O)O.NC(=O)CC[C@H](N)C(=O)O. The van der Waals surface area contributed by atoms with Gasteiger partial charge in [-0.3, -0.25) is 14.4 Å². The Bertz CT molecular complexity index is 542. The molecule has 1 amide bonds. The molecule has 172 valence electrons. The number of unbranched alkanes of at least 4 members (excludes halogenated alkanes) is 5. The minimum absolute atomic E-state index is 0.0213. The van der Waals surface area contributed by atoms with Gasteiger partial charge in [-0.05, 0) is 44.9 Å². The minimum Gasteiger partial charge on any atom is -0.481 e. The minimum atomic E-state index is -1.11. The predicted octanol–water partition coefficient (Wildman–Crippen LogP) is 4.32. The lowest BCUT2D eigenvalue weighted by molar-refractivity contribution is -0.139. The van der Waals surface area contributed by atoms with E-state index in [1.165, 1.54) is 12.8 Å². The molecule has 0 aliphatic heterocycles. The van der Waals surface area contributed by atoms with Crippen molar-refractivity contribution in [3.05, 3.63) is 36.5 Å². The van der Waals surface area contributed by atoms with Gasteiger partial charge in [0.15, 0.2) is 0 Å². The molecule has 0 rings (SSSR count). The second-order valence-corrected chi connectivity index (χ2v) is 6.94. The fourth-order valence-corrected chi connectivity index (χ4v) is 2.32. The van der Waals surface area contributed by atoms with E-state index in [0.29, 0.717) is 6.42 Å². The Balaban J connectivity index is 0. The van der Waals surface area contributed by atoms with Crippen molar-refractivity contribution in [2.75, 3.05) is 0 Å². The molecule has 0 aliphatic rings. The number of nitrogens with two attached hydrogens (primary N) is 2. The molecule has 0 radical (unpaired) electrons. The third-order valence-electron chi connectivity index (χ3n) is 4.06. The van der Waals surface area contributed by atoms with Crippen LogP contribution in [0.3, 0.4) is 0 Å². The highest BCUT2D eigenvalue weighted by molar-refractivity contribution is 5.76. The number of hydrogen-bond donors (Lipinski definition) is 4. The fourth-order valence-electron chi connectivity index (χ4n) is 2.32. The first-order valence-electron chi connectivity index (χ1n) is 10.7. The predicted molar refractivity (Wildman–Crippen MR) is 121 cm³/mol. The van der Waals surface area contributed by atoms with Crippen LogP contribution in [0.2, 0.25) is 0 Å². The third-order valence-corrected chi connectivity index (χ3v) is 4.06. The largest absolute Gasteiger partial charge is 0.481 e. The topological polar surface area (TPSA) is 144 Å². The molecule has 0 saturated carbocycles. The maximum Gasteiger partial charge on any atom is 0.320 e. The van der Waals surface area contributed by atoms with E-state index in [1.54, 1.807) is 0 Å². The smallest absolute Gasteiger partial charge is 0.320 e. The molecule has 7 nitrogen and oxygen atoms in total. The number of rotatable bonds is 17. The van der Waals surface area contributed by atoms with Crippen LogP contribution < -0.4 is 11.5 Å². The Morgan fingerprint density at radius 3 is 1.87 bits per heavy atom. The first kappa shape index (κ1) is 29.8. The number of allylic oxidation sites excluding steroid dienone is 6. The highest BCUT2D eigenvalue weighted by Crippen LogP contribution is 2.07. The molecule has 0 aromatic rings. The summed E-state index contributed by atoms with van der Waals surface area (Å²) in [5, 5.41) is 16.7. The van der Waals surface area contributed by atoms with Gasteiger partial charge in [-0.1, -0.05) is 62.6 Å². The monoisotopic (exact) mass is 424 g/mol. The van der Waals surface area contributed by atoms with Crippen molar-refractivity contribution in [2.24, 2.45) is 11.5 Å². The van der Waals surface area contributed by atoms with E-state index in [0.717, 1.165) is 44.9 Å². The van der Waals surface area contributed by atoms with E-state index in [-0.39, 0.29) is 12.8 Å². The van der Waals surface area contributed by atoms with Crippen molar-refractivity contribution in [3.63, 3.8) is 0 Å². The Labute approximate surface area is 180 Å². The van der Waals surface area contributed by atoms with Gasteiger partial charge in [-0.2, -0.15) is 0 Å². The van der Waals surface area contributed by atoms with Crippen LogP contribution in [0.4, 0.5) is 0 Å². The number of hydrogen-bond acceptors (Lipinski definition) is 4. The molecule has 0 fully saturated rings. The zero-order chi connectivity index (χ0) is 23.0. The maximum atomic E-state index is 10.3. The molecule has 1 atom stereocenters. The number of amides is 1. The molecule has 0 saturated heterocycles. The van der Waals surface area contributed by atoms with E-state index >= 15 is 0 Å². The molecule has 0 aromatic carbocycles. The second kappa shape index (κ2) is 22.9. The number of carbonyl (C=O) groups is 3. The number of aliphatic carboxylic acids is 2. The summed E-state index contributed by atoms with van der Waals surface area (Å²) in [4.78, 5) is 30.4. The molecule has 0 spiro atoms. The number of carbonyl (C=O) groups excluding carboxylic acids is 1. The number of primary amides is 1. The molecule has 6 N–H and O–H groups in total. The van der Waals surface area contributed by atoms with Crippen LogP contribution in [-0.2, 0) is 14.4 Å². The van der Waals surface area contributed by atoms with Gasteiger partial charge in [-0.25, -0.2) is 0 Å². The van der Waals surface area contributed by atoms with E-state index in [1.807, 2.05) is 0 Å². The summed E-state index contributed by atoms with van der Waals surface area (Å²) in [5.41, 5.74) is 9.81. The van der Waals surface area contributed by atoms with Crippen molar-refractivity contribution in [1.29, 1.82) is 0 Å². The highest BCUT2D eigenvalue weighted by atomic mass is 16.4. The normalized spacial score (nSPS) is 12.2. The highest BCUT2D eigenvalue weighted by Gasteiger charge is 2.11. The van der Waals surface area contributed by atoms with E-state index in [2.05, 4.69) is 43.4 Å². The standard InChI is InChI=1S/C18H30O2.C5H10N2O3/c1-2-3-4-5-6-7-8-9-10-11-12-13-14-15-16-17-18(19)20;6-3(5(9)10)1-2-4(7)8/h3-4,6-7,9-10H,2,5,8,11-17H2,1H3,(H,19,20);3H,1-2,6H2,(H2,7,8)(H,9,10)/b4-3-,7-6-,10-9-;/t;3-/m.0/s1. The van der Waals surface area contributed by atoms with Crippen LogP contribution >= 0.6 is 0 Å². The Morgan fingerprint density at radius 2 is 1.33 bits per heavy atom. The fraction of sp³-hybridized carbons (Fsp3) is 0.609. The van der Waals surface area contributed by atoms with Crippen LogP contribution in [0, 0.1) is 0 Å². The van der Waals surface area contributed by atoms with Crippen molar-refractivity contribution in [2.45, 2.75) is 90.0 Å². The van der Waals surface area contributed by atoms with Gasteiger partial charge in [0.1, 0.15) is 6.04 Å². The summed E-state index contributed by atoms with van der Waals surface area (Å²) < 4.78 is 0. The van der Waals surface area contributed by atoms with Gasteiger partial charge in [-0.15, -0.1) is 0 Å². The van der Waals surface area contributed by atoms with Gasteiger partial charge in [0.05, 0.1) is 0 Å². The number of carboxylic acid groups (broad SMARTS) is 2. The summed E-state index contributed by atoms with van der Waals surface area (Å²) in [5.74, 6) is -2.32. The van der Waals surface area contributed by atoms with Crippen LogP contribution in [-0.4, -0.2) is 34.1 Å². The quantitative estimate of drug-likeness (QED) is 0.202. The molecule has 0 aromatic heterocycles. The molecular weight excluding hydrogens is 384 g/mol. The van der Waals surface area contributed by atoms with Crippen LogP contribution in [0.5, 0.6) is 0 Å². The molecule has 7 heteroatoms. The van der Waals surface area contributed by atoms with Crippen molar-refractivity contribution in [3.8, 4) is 0 Å². The van der Waals surface area contributed by atoms with E-state index in [4.69, 9.17) is 21.7 Å². The van der Waals surface area contributed by atoms with Gasteiger partial charge in [0, 0.05) is 12.8 Å². The summed E-state index contributed by atoms with van der Waals surface area (Å²) in [6.07, 6.45) is 23.5. The number of carboxylic acids is 2. The van der Waals surface area contributed by atoms with Crippen LogP contribution in [0.1, 0.15) is 84.0 Å². The van der Waals surface area contributed by atoms with Crippen molar-refractivity contribution >= 4 is 17.8 Å². The van der Waals surface area contributed by atoms with Crippen molar-refractivity contribution < 1.29 is 24.6 Å². The second-order valence-electron chi connectivity index (χ2n) is 6.94. The molecular formula is C23H40N2O5. The van der Waals surface area contributed by atoms with Gasteiger partial charge in [0.2, 0.25) is 5.91 Å². The molecule has 0 unspecified atom stereocenters. The van der Waals surface area contributed by atoms with Crippen molar-refractivity contribution in [1.82, 2.24) is 0 Å². The third kappa shape index (κ3) is 27.8. The van der Waals surface area contributed by atoms with E-state index in [9.17, 15) is 14.4 Å². The maximum absolute atomic E-state index is 10.3. The summed E-state index contributed by atoms with van der Waals surface area (Å²) in [6.45, 7) is 2.15. The lowest BCUT2D eigenvalue weighted by atomic mass is 10.1. The van der Waals surface area contributed by atoms with E-state index < -0.39 is 23.9 Å². The summed E-state index contributed by atoms with van der Waals surface area (Å²) in [6, 6.07) is -0.979. The van der Waals surface area contributed by atoms with Gasteiger partial charge in [0.25, 0.3) is 0 Å². The average molecular weight is 425 g/mol. The summed E-state index contributed by atoms with van der Waals surface area (Å²) in [7, 11) is 0. The zero-order valence-corrected chi connectivity index (χ0v) is 18.3. The van der Waals surface area contributed by atoms with Gasteiger partial charge < -0.3 is 21.7 Å². The van der Waals surface area contributed by atoms with Gasteiger partial charge >= 0.3 is 11.9 Å². The lowest BCUT2D eigenvalue weighted by Crippen LogP contribution is -2.31. The van der Waals surface area contributed by atoms with Crippen LogP contribution in [0.15, 0.2) is 36.5 Å². The lowest BCUT2D eigenvalue weighted by Gasteiger charge is -2.01. The first-order valence-corrected chi connectivity index (χ1v) is 10.7. The average Bonchev–Trinajstić information content (AvgIpc) is 2.69. The molecule has 0 bridgehead atoms.